The maximum absolute atomic E-state index is 12.4. The molecule has 1 saturated heterocycles. The van der Waals surface area contributed by atoms with E-state index in [0.29, 0.717) is 5.56 Å². The Balaban J connectivity index is 2.26. The SMILES string of the molecule is CCOC(=O)[C@@H]1CC(C)(C)C(=O)N1C(=O)C#Cc1ccccc1. The Hall–Kier alpha value is -2.61. The summed E-state index contributed by atoms with van der Waals surface area (Å²) in [6, 6.07) is 8.07. The van der Waals surface area contributed by atoms with E-state index >= 15 is 0 Å². The van der Waals surface area contributed by atoms with Crippen molar-refractivity contribution in [2.45, 2.75) is 33.2 Å². The van der Waals surface area contributed by atoms with Crippen molar-refractivity contribution in [2.24, 2.45) is 5.41 Å². The van der Waals surface area contributed by atoms with Crippen LogP contribution < -0.4 is 0 Å². The highest BCUT2D eigenvalue weighted by atomic mass is 16.5. The van der Waals surface area contributed by atoms with Gasteiger partial charge in [0.1, 0.15) is 6.04 Å². The predicted molar refractivity (Wildman–Crippen MR) is 84.0 cm³/mol. The predicted octanol–water partition coefficient (Wildman–Crippen LogP) is 1.75. The fourth-order valence-electron chi connectivity index (χ4n) is 2.50. The van der Waals surface area contributed by atoms with Crippen LogP contribution in [-0.4, -0.2) is 35.3 Å². The number of nitrogens with zero attached hydrogens (tertiary/aromatic N) is 1. The summed E-state index contributed by atoms with van der Waals surface area (Å²) < 4.78 is 4.98. The minimum absolute atomic E-state index is 0.196. The maximum Gasteiger partial charge on any atom is 0.329 e. The lowest BCUT2D eigenvalue weighted by atomic mass is 9.90. The minimum atomic E-state index is -0.907. The van der Waals surface area contributed by atoms with E-state index in [2.05, 4.69) is 11.8 Å². The number of ether oxygens (including phenoxy) is 1. The van der Waals surface area contributed by atoms with E-state index < -0.39 is 29.2 Å². The van der Waals surface area contributed by atoms with E-state index in [9.17, 15) is 14.4 Å². The van der Waals surface area contributed by atoms with Crippen LogP contribution in [0, 0.1) is 17.3 Å². The van der Waals surface area contributed by atoms with Crippen molar-refractivity contribution in [3.63, 3.8) is 0 Å². The zero-order valence-electron chi connectivity index (χ0n) is 13.5. The molecule has 5 heteroatoms. The zero-order chi connectivity index (χ0) is 17.0. The highest BCUT2D eigenvalue weighted by molar-refractivity contribution is 6.10. The van der Waals surface area contributed by atoms with Crippen molar-refractivity contribution in [3.8, 4) is 11.8 Å². The lowest BCUT2D eigenvalue weighted by Gasteiger charge is -2.19. The zero-order valence-corrected chi connectivity index (χ0v) is 13.5. The van der Waals surface area contributed by atoms with Gasteiger partial charge in [0.25, 0.3) is 0 Å². The topological polar surface area (TPSA) is 63.7 Å². The summed E-state index contributed by atoms with van der Waals surface area (Å²) in [6.07, 6.45) is 0.240. The molecule has 0 aromatic heterocycles. The van der Waals surface area contributed by atoms with Crippen LogP contribution in [0.2, 0.25) is 0 Å². The summed E-state index contributed by atoms with van der Waals surface area (Å²) in [5.74, 6) is 3.51. The fourth-order valence-corrected chi connectivity index (χ4v) is 2.50. The van der Waals surface area contributed by atoms with Crippen molar-refractivity contribution in [3.05, 3.63) is 35.9 Å². The monoisotopic (exact) mass is 313 g/mol. The van der Waals surface area contributed by atoms with Gasteiger partial charge in [0.2, 0.25) is 5.91 Å². The molecule has 2 amide bonds. The van der Waals surface area contributed by atoms with E-state index in [0.717, 1.165) is 4.90 Å². The number of carbonyl (C=O) groups is 3. The van der Waals surface area contributed by atoms with Crippen LogP contribution in [0.15, 0.2) is 30.3 Å². The summed E-state index contributed by atoms with van der Waals surface area (Å²) in [4.78, 5) is 37.8. The molecule has 0 aliphatic carbocycles. The van der Waals surface area contributed by atoms with Crippen molar-refractivity contribution in [1.29, 1.82) is 0 Å². The summed E-state index contributed by atoms with van der Waals surface area (Å²) >= 11 is 0. The normalized spacial score (nSPS) is 19.0. The van der Waals surface area contributed by atoms with E-state index in [1.165, 1.54) is 0 Å². The van der Waals surface area contributed by atoms with Crippen molar-refractivity contribution >= 4 is 17.8 Å². The first kappa shape index (κ1) is 16.8. The molecule has 0 radical (unpaired) electrons. The van der Waals surface area contributed by atoms with Gasteiger partial charge in [0.05, 0.1) is 6.61 Å². The number of rotatable bonds is 2. The Labute approximate surface area is 135 Å². The quantitative estimate of drug-likeness (QED) is 0.616. The van der Waals surface area contributed by atoms with E-state index in [1.54, 1.807) is 45.0 Å². The molecule has 0 spiro atoms. The van der Waals surface area contributed by atoms with Crippen LogP contribution in [-0.2, 0) is 19.1 Å². The Morgan fingerprint density at radius 3 is 2.57 bits per heavy atom. The molecule has 120 valence electrons. The lowest BCUT2D eigenvalue weighted by molar-refractivity contribution is -0.156. The van der Waals surface area contributed by atoms with Gasteiger partial charge in [-0.1, -0.05) is 38.0 Å². The first-order chi connectivity index (χ1) is 10.9. The second-order valence-electron chi connectivity index (χ2n) is 5.95. The third-order valence-corrected chi connectivity index (χ3v) is 3.68. The molecule has 1 aliphatic rings. The molecule has 1 aromatic carbocycles. The van der Waals surface area contributed by atoms with Gasteiger partial charge in [-0.15, -0.1) is 0 Å². The summed E-state index contributed by atoms with van der Waals surface area (Å²) in [5, 5.41) is 0. The number of amides is 2. The smallest absolute Gasteiger partial charge is 0.329 e. The number of likely N-dealkylation sites (tertiary alicyclic amines) is 1. The van der Waals surface area contributed by atoms with Crippen LogP contribution in [0.4, 0.5) is 0 Å². The summed E-state index contributed by atoms with van der Waals surface area (Å²) in [7, 11) is 0. The molecule has 2 rings (SSSR count). The van der Waals surface area contributed by atoms with Gasteiger partial charge < -0.3 is 4.74 Å². The number of hydrogen-bond donors (Lipinski definition) is 0. The third-order valence-electron chi connectivity index (χ3n) is 3.68. The van der Waals surface area contributed by atoms with Crippen LogP contribution in [0.1, 0.15) is 32.8 Å². The second-order valence-corrected chi connectivity index (χ2v) is 5.95. The lowest BCUT2D eigenvalue weighted by Crippen LogP contribution is -2.44. The van der Waals surface area contributed by atoms with Crippen LogP contribution in [0.5, 0.6) is 0 Å². The van der Waals surface area contributed by atoms with Gasteiger partial charge in [-0.05, 0) is 25.5 Å². The average molecular weight is 313 g/mol. The highest BCUT2D eigenvalue weighted by Gasteiger charge is 2.51. The minimum Gasteiger partial charge on any atom is -0.464 e. The summed E-state index contributed by atoms with van der Waals surface area (Å²) in [5.41, 5.74) is -0.124. The molecular formula is C18H19NO4. The molecule has 1 aliphatic heterocycles. The van der Waals surface area contributed by atoms with Gasteiger partial charge in [-0.25, -0.2) is 4.79 Å². The molecule has 1 fully saturated rings. The van der Waals surface area contributed by atoms with Gasteiger partial charge in [-0.3, -0.25) is 14.5 Å². The standard InChI is InChI=1S/C18H19NO4/c1-4-23-16(21)14-12-18(2,3)17(22)19(14)15(20)11-10-13-8-6-5-7-9-13/h5-9,14H,4,12H2,1-3H3/t14-/m0/s1. The molecule has 0 unspecified atom stereocenters. The molecule has 1 atom stereocenters. The van der Waals surface area contributed by atoms with Crippen molar-refractivity contribution in [2.75, 3.05) is 6.61 Å². The van der Waals surface area contributed by atoms with E-state index in [1.807, 2.05) is 6.07 Å². The number of esters is 1. The molecule has 0 bridgehead atoms. The van der Waals surface area contributed by atoms with Crippen LogP contribution in [0.25, 0.3) is 0 Å². The molecular weight excluding hydrogens is 294 g/mol. The van der Waals surface area contributed by atoms with Gasteiger partial charge in [-0.2, -0.15) is 0 Å². The van der Waals surface area contributed by atoms with E-state index in [-0.39, 0.29) is 13.0 Å². The molecule has 5 nitrogen and oxygen atoms in total. The van der Waals surface area contributed by atoms with Crippen LogP contribution >= 0.6 is 0 Å². The Kier molecular flexibility index (Phi) is 4.85. The molecule has 1 aromatic rings. The molecule has 0 N–H and O–H groups in total. The maximum atomic E-state index is 12.4. The molecule has 0 saturated carbocycles. The molecule has 23 heavy (non-hydrogen) atoms. The van der Waals surface area contributed by atoms with Crippen LogP contribution in [0.3, 0.4) is 0 Å². The Morgan fingerprint density at radius 1 is 1.30 bits per heavy atom. The number of benzene rings is 1. The van der Waals surface area contributed by atoms with E-state index in [4.69, 9.17) is 4.74 Å². The van der Waals surface area contributed by atoms with Gasteiger partial charge in [0, 0.05) is 16.9 Å². The first-order valence-electron chi connectivity index (χ1n) is 7.48. The van der Waals surface area contributed by atoms with Gasteiger partial charge in [0.15, 0.2) is 0 Å². The largest absolute Gasteiger partial charge is 0.464 e. The number of imide groups is 1. The average Bonchev–Trinajstić information content (AvgIpc) is 2.77. The summed E-state index contributed by atoms with van der Waals surface area (Å²) in [6.45, 7) is 5.29. The first-order valence-corrected chi connectivity index (χ1v) is 7.48. The van der Waals surface area contributed by atoms with Crippen molar-refractivity contribution < 1.29 is 19.1 Å². The second kappa shape index (κ2) is 6.66. The van der Waals surface area contributed by atoms with Crippen molar-refractivity contribution in [1.82, 2.24) is 4.90 Å². The Bertz CT molecular complexity index is 682. The third kappa shape index (κ3) is 3.59. The highest BCUT2D eigenvalue weighted by Crippen LogP contribution is 2.36. The fraction of sp³-hybridized carbons (Fsp3) is 0.389. The Morgan fingerprint density at radius 2 is 1.96 bits per heavy atom. The molecule has 1 heterocycles. The van der Waals surface area contributed by atoms with Gasteiger partial charge >= 0.3 is 11.9 Å². The number of carbonyl (C=O) groups excluding carboxylic acids is 3. The number of hydrogen-bond acceptors (Lipinski definition) is 4.